The van der Waals surface area contributed by atoms with Crippen LogP contribution in [0.4, 0.5) is 13.2 Å². The lowest BCUT2D eigenvalue weighted by atomic mass is 9.98. The van der Waals surface area contributed by atoms with Gasteiger partial charge in [0, 0.05) is 17.3 Å². The second-order valence-corrected chi connectivity index (χ2v) is 8.62. The Bertz CT molecular complexity index is 1330. The number of benzene rings is 3. The van der Waals surface area contributed by atoms with Gasteiger partial charge in [-0.15, -0.1) is 0 Å². The van der Waals surface area contributed by atoms with Gasteiger partial charge in [0.2, 0.25) is 5.82 Å². The topological polar surface area (TPSA) is 22.1 Å². The van der Waals surface area contributed by atoms with Crippen molar-refractivity contribution in [3.8, 4) is 39.3 Å². The Labute approximate surface area is 210 Å². The van der Waals surface area contributed by atoms with E-state index in [-0.39, 0.29) is 23.7 Å². The molecule has 0 unspecified atom stereocenters. The van der Waals surface area contributed by atoms with E-state index in [9.17, 15) is 13.2 Å². The number of aromatic nitrogens is 1. The fourth-order valence-corrected chi connectivity index (χ4v) is 4.07. The zero-order chi connectivity index (χ0) is 25.5. The standard InChI is InChI=1S/C31H28F3NO/c1-3-5-6-7-21-8-16-28(35-20-21)26-14-13-24(19-27(26)32)22-9-11-23(12-10-22)25-15-17-29(36-18-4-2)31(34)30(25)33/h4,8-17,19-20H,2-3,5-7,18H2,1H3. The summed E-state index contributed by atoms with van der Waals surface area (Å²) in [6.07, 6.45) is 7.72. The molecule has 1 aromatic heterocycles. The van der Waals surface area contributed by atoms with Crippen LogP contribution in [0.15, 0.2) is 85.6 Å². The van der Waals surface area contributed by atoms with E-state index in [0.717, 1.165) is 24.0 Å². The molecule has 5 heteroatoms. The number of hydrogen-bond donors (Lipinski definition) is 0. The predicted molar refractivity (Wildman–Crippen MR) is 139 cm³/mol. The molecule has 0 N–H and O–H groups in total. The number of unbranched alkanes of at least 4 members (excludes halogenated alkanes) is 2. The van der Waals surface area contributed by atoms with Gasteiger partial charge in [0.1, 0.15) is 12.4 Å². The smallest absolute Gasteiger partial charge is 0.201 e. The van der Waals surface area contributed by atoms with Crippen molar-refractivity contribution >= 4 is 0 Å². The molecule has 0 radical (unpaired) electrons. The van der Waals surface area contributed by atoms with Crippen LogP contribution in [-0.4, -0.2) is 11.6 Å². The molecule has 4 rings (SSSR count). The minimum absolute atomic E-state index is 0.0835. The fraction of sp³-hybridized carbons (Fsp3) is 0.194. The zero-order valence-electron chi connectivity index (χ0n) is 20.2. The Morgan fingerprint density at radius 2 is 1.53 bits per heavy atom. The minimum Gasteiger partial charge on any atom is -0.486 e. The van der Waals surface area contributed by atoms with Crippen molar-refractivity contribution in [3.63, 3.8) is 0 Å². The highest BCUT2D eigenvalue weighted by Gasteiger charge is 2.16. The van der Waals surface area contributed by atoms with Gasteiger partial charge in [0.15, 0.2) is 11.6 Å². The average molecular weight is 488 g/mol. The number of halogens is 3. The molecule has 3 aromatic carbocycles. The van der Waals surface area contributed by atoms with Gasteiger partial charge in [-0.1, -0.05) is 68.8 Å². The highest BCUT2D eigenvalue weighted by Crippen LogP contribution is 2.32. The van der Waals surface area contributed by atoms with Crippen LogP contribution >= 0.6 is 0 Å². The average Bonchev–Trinajstić information content (AvgIpc) is 2.90. The van der Waals surface area contributed by atoms with E-state index in [0.29, 0.717) is 22.4 Å². The fourth-order valence-electron chi connectivity index (χ4n) is 4.07. The maximum Gasteiger partial charge on any atom is 0.201 e. The lowest BCUT2D eigenvalue weighted by Gasteiger charge is -2.11. The monoisotopic (exact) mass is 487 g/mol. The predicted octanol–water partition coefficient (Wildman–Crippen LogP) is 8.80. The van der Waals surface area contributed by atoms with E-state index in [1.54, 1.807) is 30.3 Å². The summed E-state index contributed by atoms with van der Waals surface area (Å²) < 4.78 is 49.1. The van der Waals surface area contributed by atoms with Gasteiger partial charge in [-0.05, 0) is 65.4 Å². The SMILES string of the molecule is C=CCOc1ccc(-c2ccc(-c3ccc(-c4ccc(CCCCC)cn4)c(F)c3)cc2)c(F)c1F. The highest BCUT2D eigenvalue weighted by atomic mass is 19.2. The van der Waals surface area contributed by atoms with Crippen molar-refractivity contribution in [2.75, 3.05) is 6.61 Å². The summed E-state index contributed by atoms with van der Waals surface area (Å²) in [4.78, 5) is 4.45. The van der Waals surface area contributed by atoms with E-state index < -0.39 is 11.6 Å². The third kappa shape index (κ3) is 5.68. The van der Waals surface area contributed by atoms with Crippen molar-refractivity contribution < 1.29 is 17.9 Å². The molecule has 184 valence electrons. The molecule has 0 aliphatic rings. The van der Waals surface area contributed by atoms with Crippen LogP contribution < -0.4 is 4.74 Å². The molecule has 0 bridgehead atoms. The maximum atomic E-state index is 15.0. The molecule has 0 aliphatic heterocycles. The Morgan fingerprint density at radius 1 is 0.806 bits per heavy atom. The molecule has 0 atom stereocenters. The first-order chi connectivity index (χ1) is 17.5. The Kier molecular flexibility index (Phi) is 8.21. The second kappa shape index (κ2) is 11.7. The summed E-state index contributed by atoms with van der Waals surface area (Å²) in [7, 11) is 0. The summed E-state index contributed by atoms with van der Waals surface area (Å²) in [5, 5.41) is 0. The van der Waals surface area contributed by atoms with E-state index in [1.165, 1.54) is 37.1 Å². The highest BCUT2D eigenvalue weighted by molar-refractivity contribution is 5.73. The van der Waals surface area contributed by atoms with Crippen LogP contribution in [0.1, 0.15) is 31.7 Å². The summed E-state index contributed by atoms with van der Waals surface area (Å²) in [6.45, 7) is 5.75. The first-order valence-electron chi connectivity index (χ1n) is 12.1. The second-order valence-electron chi connectivity index (χ2n) is 8.62. The van der Waals surface area contributed by atoms with Crippen LogP contribution in [0, 0.1) is 17.5 Å². The number of pyridine rings is 1. The molecule has 1 heterocycles. The number of hydrogen-bond acceptors (Lipinski definition) is 2. The molecule has 0 fully saturated rings. The third-order valence-corrected chi connectivity index (χ3v) is 6.07. The molecule has 36 heavy (non-hydrogen) atoms. The third-order valence-electron chi connectivity index (χ3n) is 6.07. The Morgan fingerprint density at radius 3 is 2.19 bits per heavy atom. The van der Waals surface area contributed by atoms with Crippen LogP contribution in [0.2, 0.25) is 0 Å². The van der Waals surface area contributed by atoms with Crippen LogP contribution in [0.5, 0.6) is 5.75 Å². The molecule has 0 saturated carbocycles. The largest absolute Gasteiger partial charge is 0.486 e. The van der Waals surface area contributed by atoms with Gasteiger partial charge in [-0.25, -0.2) is 8.78 Å². The number of ether oxygens (including phenoxy) is 1. The first kappa shape index (κ1) is 25.2. The maximum absolute atomic E-state index is 15.0. The normalized spacial score (nSPS) is 10.9. The van der Waals surface area contributed by atoms with E-state index in [1.807, 2.05) is 24.4 Å². The summed E-state index contributed by atoms with van der Waals surface area (Å²) >= 11 is 0. The van der Waals surface area contributed by atoms with Gasteiger partial charge in [0.25, 0.3) is 0 Å². The van der Waals surface area contributed by atoms with Gasteiger partial charge in [-0.2, -0.15) is 4.39 Å². The van der Waals surface area contributed by atoms with Gasteiger partial charge in [0.05, 0.1) is 5.69 Å². The van der Waals surface area contributed by atoms with Crippen molar-refractivity contribution in [2.24, 2.45) is 0 Å². The van der Waals surface area contributed by atoms with Gasteiger partial charge in [-0.3, -0.25) is 4.98 Å². The summed E-state index contributed by atoms with van der Waals surface area (Å²) in [5.41, 5.74) is 4.24. The van der Waals surface area contributed by atoms with Crippen molar-refractivity contribution in [1.29, 1.82) is 0 Å². The van der Waals surface area contributed by atoms with Crippen molar-refractivity contribution in [3.05, 3.63) is 109 Å². The molecular formula is C31H28F3NO. The molecule has 0 aliphatic carbocycles. The van der Waals surface area contributed by atoms with Crippen molar-refractivity contribution in [1.82, 2.24) is 4.98 Å². The number of aryl methyl sites for hydroxylation is 1. The van der Waals surface area contributed by atoms with Gasteiger partial charge < -0.3 is 4.74 Å². The molecule has 0 amide bonds. The first-order valence-corrected chi connectivity index (χ1v) is 12.1. The van der Waals surface area contributed by atoms with E-state index >= 15 is 0 Å². The van der Waals surface area contributed by atoms with Crippen molar-refractivity contribution in [2.45, 2.75) is 32.6 Å². The van der Waals surface area contributed by atoms with E-state index in [4.69, 9.17) is 4.74 Å². The number of nitrogens with zero attached hydrogens (tertiary/aromatic N) is 1. The van der Waals surface area contributed by atoms with Crippen LogP contribution in [-0.2, 0) is 6.42 Å². The lowest BCUT2D eigenvalue weighted by Crippen LogP contribution is -1.99. The Balaban J connectivity index is 1.52. The zero-order valence-corrected chi connectivity index (χ0v) is 20.2. The summed E-state index contributed by atoms with van der Waals surface area (Å²) in [6, 6.07) is 18.6. The molecular weight excluding hydrogens is 459 g/mol. The number of rotatable bonds is 10. The molecule has 0 saturated heterocycles. The van der Waals surface area contributed by atoms with Crippen LogP contribution in [0.25, 0.3) is 33.5 Å². The van der Waals surface area contributed by atoms with Crippen LogP contribution in [0.3, 0.4) is 0 Å². The Hall–Kier alpha value is -3.86. The molecule has 2 nitrogen and oxygen atoms in total. The van der Waals surface area contributed by atoms with E-state index in [2.05, 4.69) is 18.5 Å². The quantitative estimate of drug-likeness (QED) is 0.165. The lowest BCUT2D eigenvalue weighted by molar-refractivity contribution is 0.333. The summed E-state index contributed by atoms with van der Waals surface area (Å²) in [5.74, 6) is -2.56. The molecule has 0 spiro atoms. The minimum atomic E-state index is -1.04. The molecule has 4 aromatic rings. The van der Waals surface area contributed by atoms with Gasteiger partial charge >= 0.3 is 0 Å².